The van der Waals surface area contributed by atoms with Gasteiger partial charge in [-0.3, -0.25) is 4.79 Å². The third-order valence-corrected chi connectivity index (χ3v) is 2.38. The van der Waals surface area contributed by atoms with E-state index < -0.39 is 24.5 Å². The quantitative estimate of drug-likeness (QED) is 0.593. The van der Waals surface area contributed by atoms with E-state index in [-0.39, 0.29) is 6.42 Å². The van der Waals surface area contributed by atoms with E-state index in [0.29, 0.717) is 13.0 Å². The largest absolute Gasteiger partial charge is 0.494 e. The summed E-state index contributed by atoms with van der Waals surface area (Å²) < 4.78 is 5.39. The molecule has 0 aliphatic carbocycles. The minimum Gasteiger partial charge on any atom is -0.494 e. The lowest BCUT2D eigenvalue weighted by Crippen LogP contribution is -2.43. The van der Waals surface area contributed by atoms with Gasteiger partial charge in [-0.1, -0.05) is 18.2 Å². The molecule has 1 aromatic carbocycles. The number of benzene rings is 1. The minimum atomic E-state index is -1.25. The second kappa shape index (κ2) is 8.10. The fourth-order valence-electron chi connectivity index (χ4n) is 1.39. The predicted octanol–water partition coefficient (Wildman–Crippen LogP) is 0.407. The first-order valence-corrected chi connectivity index (χ1v) is 5.94. The zero-order valence-corrected chi connectivity index (χ0v) is 10.4. The Labute approximate surface area is 111 Å². The Bertz CT molecular complexity index is 407. The van der Waals surface area contributed by atoms with Crippen LogP contribution < -0.4 is 10.1 Å². The van der Waals surface area contributed by atoms with Crippen molar-refractivity contribution in [1.82, 2.24) is 5.32 Å². The highest BCUT2D eigenvalue weighted by atomic mass is 16.5. The molecule has 0 aliphatic heterocycles. The van der Waals surface area contributed by atoms with E-state index in [9.17, 15) is 9.59 Å². The maximum atomic E-state index is 11.4. The van der Waals surface area contributed by atoms with Crippen molar-refractivity contribution in [3.63, 3.8) is 0 Å². The van der Waals surface area contributed by atoms with Crippen LogP contribution in [0.5, 0.6) is 5.75 Å². The monoisotopic (exact) mass is 267 g/mol. The van der Waals surface area contributed by atoms with Crippen LogP contribution in [0, 0.1) is 0 Å². The van der Waals surface area contributed by atoms with Crippen molar-refractivity contribution < 1.29 is 24.5 Å². The standard InChI is InChI=1S/C13H17NO5/c15-9-11(13(17)18)14-12(16)7-4-8-19-10-5-2-1-3-6-10/h1-3,5-6,11,15H,4,7-9H2,(H,14,16)(H,17,18)/t11-/m1/s1. The number of carboxylic acid groups (broad SMARTS) is 1. The van der Waals surface area contributed by atoms with Crippen molar-refractivity contribution in [3.8, 4) is 5.75 Å². The summed E-state index contributed by atoms with van der Waals surface area (Å²) in [5, 5.41) is 19.6. The van der Waals surface area contributed by atoms with Crippen LogP contribution in [0.3, 0.4) is 0 Å². The number of carbonyl (C=O) groups excluding carboxylic acids is 1. The third-order valence-electron chi connectivity index (χ3n) is 2.38. The highest BCUT2D eigenvalue weighted by Gasteiger charge is 2.18. The van der Waals surface area contributed by atoms with E-state index in [0.717, 1.165) is 5.75 Å². The van der Waals surface area contributed by atoms with Gasteiger partial charge in [0.2, 0.25) is 5.91 Å². The lowest BCUT2D eigenvalue weighted by atomic mass is 10.2. The van der Waals surface area contributed by atoms with Gasteiger partial charge in [-0.25, -0.2) is 4.79 Å². The van der Waals surface area contributed by atoms with Gasteiger partial charge in [0, 0.05) is 6.42 Å². The van der Waals surface area contributed by atoms with Gasteiger partial charge in [0.1, 0.15) is 11.8 Å². The van der Waals surface area contributed by atoms with Crippen LogP contribution in [0.25, 0.3) is 0 Å². The van der Waals surface area contributed by atoms with E-state index in [2.05, 4.69) is 5.32 Å². The van der Waals surface area contributed by atoms with Gasteiger partial charge in [-0.2, -0.15) is 0 Å². The molecule has 6 heteroatoms. The Morgan fingerprint density at radius 3 is 2.53 bits per heavy atom. The van der Waals surface area contributed by atoms with E-state index >= 15 is 0 Å². The van der Waals surface area contributed by atoms with E-state index in [1.807, 2.05) is 30.3 Å². The number of amides is 1. The number of para-hydroxylation sites is 1. The SMILES string of the molecule is O=C(CCCOc1ccccc1)N[C@H](CO)C(=O)O. The van der Waals surface area contributed by atoms with Crippen molar-refractivity contribution in [2.75, 3.05) is 13.2 Å². The molecule has 0 saturated heterocycles. The number of carbonyl (C=O) groups is 2. The van der Waals surface area contributed by atoms with Crippen LogP contribution in [0.15, 0.2) is 30.3 Å². The first-order valence-electron chi connectivity index (χ1n) is 5.94. The van der Waals surface area contributed by atoms with Gasteiger partial charge in [0.05, 0.1) is 13.2 Å². The molecule has 0 fully saturated rings. The van der Waals surface area contributed by atoms with Crippen molar-refractivity contribution >= 4 is 11.9 Å². The molecule has 1 atom stereocenters. The van der Waals surface area contributed by atoms with Crippen LogP contribution in [0.4, 0.5) is 0 Å². The topological polar surface area (TPSA) is 95.9 Å². The van der Waals surface area contributed by atoms with Crippen molar-refractivity contribution in [1.29, 1.82) is 0 Å². The zero-order chi connectivity index (χ0) is 14.1. The van der Waals surface area contributed by atoms with Crippen LogP contribution >= 0.6 is 0 Å². The van der Waals surface area contributed by atoms with Gasteiger partial charge in [0.25, 0.3) is 0 Å². The molecular weight excluding hydrogens is 250 g/mol. The number of carboxylic acids is 1. The summed E-state index contributed by atoms with van der Waals surface area (Å²) in [7, 11) is 0. The molecule has 0 spiro atoms. The van der Waals surface area contributed by atoms with Crippen molar-refractivity contribution in [2.45, 2.75) is 18.9 Å². The second-order valence-corrected chi connectivity index (χ2v) is 3.91. The first kappa shape index (κ1) is 15.0. The van der Waals surface area contributed by atoms with Crippen LogP contribution in [-0.2, 0) is 9.59 Å². The highest BCUT2D eigenvalue weighted by molar-refractivity contribution is 5.83. The maximum Gasteiger partial charge on any atom is 0.328 e. The summed E-state index contributed by atoms with van der Waals surface area (Å²) in [5.74, 6) is -0.948. The zero-order valence-electron chi connectivity index (χ0n) is 10.4. The van der Waals surface area contributed by atoms with Gasteiger partial charge >= 0.3 is 5.97 Å². The molecule has 6 nitrogen and oxygen atoms in total. The number of ether oxygens (including phenoxy) is 1. The normalized spacial score (nSPS) is 11.6. The van der Waals surface area contributed by atoms with Crippen LogP contribution in [0.2, 0.25) is 0 Å². The maximum absolute atomic E-state index is 11.4. The summed E-state index contributed by atoms with van der Waals surface area (Å²) in [6.45, 7) is -0.254. The average molecular weight is 267 g/mol. The van der Waals surface area contributed by atoms with Crippen molar-refractivity contribution in [2.24, 2.45) is 0 Å². The number of aliphatic carboxylic acids is 1. The summed E-state index contributed by atoms with van der Waals surface area (Å²) in [6.07, 6.45) is 0.620. The summed E-state index contributed by atoms with van der Waals surface area (Å²) in [5.41, 5.74) is 0. The molecule has 0 heterocycles. The molecule has 0 radical (unpaired) electrons. The Morgan fingerprint density at radius 1 is 1.26 bits per heavy atom. The van der Waals surface area contributed by atoms with E-state index in [1.54, 1.807) is 0 Å². The molecule has 0 saturated carbocycles. The van der Waals surface area contributed by atoms with Crippen LogP contribution in [0.1, 0.15) is 12.8 Å². The molecule has 104 valence electrons. The summed E-state index contributed by atoms with van der Waals surface area (Å²) >= 11 is 0. The Morgan fingerprint density at radius 2 is 1.95 bits per heavy atom. The van der Waals surface area contributed by atoms with Gasteiger partial charge < -0.3 is 20.3 Å². The number of nitrogens with one attached hydrogen (secondary N) is 1. The molecule has 0 bridgehead atoms. The lowest BCUT2D eigenvalue weighted by molar-refractivity contribution is -0.142. The molecule has 0 unspecified atom stereocenters. The third kappa shape index (κ3) is 5.87. The molecular formula is C13H17NO5. The molecule has 1 rings (SSSR count). The number of rotatable bonds is 8. The lowest BCUT2D eigenvalue weighted by Gasteiger charge is -2.11. The molecule has 19 heavy (non-hydrogen) atoms. The summed E-state index contributed by atoms with van der Waals surface area (Å²) in [6, 6.07) is 7.95. The fraction of sp³-hybridized carbons (Fsp3) is 0.385. The Kier molecular flexibility index (Phi) is 6.38. The molecule has 0 aliphatic rings. The Hall–Kier alpha value is -2.08. The van der Waals surface area contributed by atoms with Gasteiger partial charge in [-0.15, -0.1) is 0 Å². The molecule has 0 aromatic heterocycles. The first-order chi connectivity index (χ1) is 9.13. The Balaban J connectivity index is 2.19. The molecule has 1 aromatic rings. The highest BCUT2D eigenvalue weighted by Crippen LogP contribution is 2.08. The van der Waals surface area contributed by atoms with Gasteiger partial charge in [0.15, 0.2) is 0 Å². The number of hydrogen-bond donors (Lipinski definition) is 3. The van der Waals surface area contributed by atoms with Gasteiger partial charge in [-0.05, 0) is 18.6 Å². The number of aliphatic hydroxyl groups is 1. The fourth-order valence-corrected chi connectivity index (χ4v) is 1.39. The number of hydrogen-bond acceptors (Lipinski definition) is 4. The summed E-state index contributed by atoms with van der Waals surface area (Å²) in [4.78, 5) is 22.0. The average Bonchev–Trinajstić information content (AvgIpc) is 2.42. The number of aliphatic hydroxyl groups excluding tert-OH is 1. The van der Waals surface area contributed by atoms with Crippen molar-refractivity contribution in [3.05, 3.63) is 30.3 Å². The smallest absolute Gasteiger partial charge is 0.328 e. The minimum absolute atomic E-state index is 0.149. The van der Waals surface area contributed by atoms with E-state index in [1.165, 1.54) is 0 Å². The molecule has 1 amide bonds. The predicted molar refractivity (Wildman–Crippen MR) is 67.8 cm³/mol. The second-order valence-electron chi connectivity index (χ2n) is 3.91. The van der Waals surface area contributed by atoms with E-state index in [4.69, 9.17) is 14.9 Å². The molecule has 3 N–H and O–H groups in total. The van der Waals surface area contributed by atoms with Crippen LogP contribution in [-0.4, -0.2) is 41.3 Å².